The largest absolute Gasteiger partial charge is 0.492 e. The van der Waals surface area contributed by atoms with E-state index in [0.717, 1.165) is 16.8 Å². The lowest BCUT2D eigenvalue weighted by atomic mass is 10.1. The molecule has 0 saturated carbocycles. The lowest BCUT2D eigenvalue weighted by Crippen LogP contribution is -2.36. The molecular weight excluding hydrogens is 342 g/mol. The summed E-state index contributed by atoms with van der Waals surface area (Å²) < 4.78 is 5.50. The number of aryl methyl sites for hydroxylation is 1. The van der Waals surface area contributed by atoms with Gasteiger partial charge in [-0.1, -0.05) is 24.3 Å². The van der Waals surface area contributed by atoms with Crippen molar-refractivity contribution in [3.05, 3.63) is 53.6 Å². The van der Waals surface area contributed by atoms with Crippen molar-refractivity contribution in [1.29, 1.82) is 0 Å². The Balaban J connectivity index is 1.87. The normalized spacial score (nSPS) is 10.6. The van der Waals surface area contributed by atoms with E-state index in [9.17, 15) is 9.59 Å². The van der Waals surface area contributed by atoms with Gasteiger partial charge in [-0.25, -0.2) is 0 Å². The molecule has 6 heteroatoms. The lowest BCUT2D eigenvalue weighted by molar-refractivity contribution is -0.119. The van der Waals surface area contributed by atoms with Crippen LogP contribution in [0.1, 0.15) is 18.1 Å². The topological polar surface area (TPSA) is 70.7 Å². The molecule has 0 spiro atoms. The predicted molar refractivity (Wildman–Crippen MR) is 108 cm³/mol. The summed E-state index contributed by atoms with van der Waals surface area (Å²) in [6.45, 7) is 6.60. The number of carbonyl (C=O) groups is 2. The highest BCUT2D eigenvalue weighted by Gasteiger charge is 2.13. The number of anilines is 2. The summed E-state index contributed by atoms with van der Waals surface area (Å²) in [7, 11) is 1.73. The van der Waals surface area contributed by atoms with Gasteiger partial charge in [0.15, 0.2) is 0 Å². The Kier molecular flexibility index (Phi) is 7.37. The van der Waals surface area contributed by atoms with Crippen molar-refractivity contribution in [1.82, 2.24) is 4.90 Å². The molecule has 0 saturated heterocycles. The lowest BCUT2D eigenvalue weighted by Gasteiger charge is -2.17. The number of ether oxygens (including phenoxy) is 1. The van der Waals surface area contributed by atoms with Crippen LogP contribution in [-0.2, 0) is 9.59 Å². The van der Waals surface area contributed by atoms with Gasteiger partial charge in [0.2, 0.25) is 11.8 Å². The number of nitrogens with one attached hydrogen (secondary N) is 2. The summed E-state index contributed by atoms with van der Waals surface area (Å²) in [6, 6.07) is 13.1. The standard InChI is InChI=1S/C21H27N3O3/c1-5-27-19-12-7-6-10-18(19)23-21(26)14-24(4)13-20(25)22-17-11-8-9-15(2)16(17)3/h6-12H,5,13-14H2,1-4H3,(H,22,25)(H,23,26). The SMILES string of the molecule is CCOc1ccccc1NC(=O)CN(C)CC(=O)Nc1cccc(C)c1C. The molecule has 27 heavy (non-hydrogen) atoms. The second-order valence-corrected chi connectivity index (χ2v) is 6.45. The zero-order chi connectivity index (χ0) is 19.8. The van der Waals surface area contributed by atoms with Crippen LogP contribution in [-0.4, -0.2) is 43.5 Å². The Labute approximate surface area is 160 Å². The summed E-state index contributed by atoms with van der Waals surface area (Å²) in [5.74, 6) is 0.265. The molecule has 0 aromatic heterocycles. The third kappa shape index (κ3) is 6.11. The van der Waals surface area contributed by atoms with E-state index in [4.69, 9.17) is 4.74 Å². The van der Waals surface area contributed by atoms with E-state index in [2.05, 4.69) is 10.6 Å². The summed E-state index contributed by atoms with van der Waals surface area (Å²) in [4.78, 5) is 26.2. The first kappa shape index (κ1) is 20.5. The Hall–Kier alpha value is -2.86. The highest BCUT2D eigenvalue weighted by molar-refractivity contribution is 5.95. The first-order valence-corrected chi connectivity index (χ1v) is 8.97. The van der Waals surface area contributed by atoms with Crippen molar-refractivity contribution in [2.75, 3.05) is 37.4 Å². The molecule has 2 amide bonds. The number of amides is 2. The number of hydrogen-bond acceptors (Lipinski definition) is 4. The van der Waals surface area contributed by atoms with Crippen LogP contribution in [0.3, 0.4) is 0 Å². The highest BCUT2D eigenvalue weighted by Crippen LogP contribution is 2.23. The molecule has 2 aromatic carbocycles. The Bertz CT molecular complexity index is 805. The summed E-state index contributed by atoms with van der Waals surface area (Å²) in [5, 5.41) is 5.73. The minimum absolute atomic E-state index is 0.0979. The number of nitrogens with zero attached hydrogens (tertiary/aromatic N) is 1. The molecule has 0 fully saturated rings. The summed E-state index contributed by atoms with van der Waals surface area (Å²) in [5.41, 5.74) is 3.58. The Morgan fingerprint density at radius 1 is 0.926 bits per heavy atom. The molecular formula is C21H27N3O3. The maximum absolute atomic E-state index is 12.3. The first-order valence-electron chi connectivity index (χ1n) is 8.97. The van der Waals surface area contributed by atoms with Gasteiger partial charge in [0.1, 0.15) is 5.75 Å². The van der Waals surface area contributed by atoms with Crippen molar-refractivity contribution in [3.63, 3.8) is 0 Å². The molecule has 2 rings (SSSR count). The Morgan fingerprint density at radius 3 is 2.19 bits per heavy atom. The van der Waals surface area contributed by atoms with E-state index in [1.807, 2.05) is 51.1 Å². The summed E-state index contributed by atoms with van der Waals surface area (Å²) >= 11 is 0. The molecule has 0 aliphatic rings. The van der Waals surface area contributed by atoms with Crippen LogP contribution in [0.15, 0.2) is 42.5 Å². The van der Waals surface area contributed by atoms with Gasteiger partial charge >= 0.3 is 0 Å². The number of benzene rings is 2. The zero-order valence-electron chi connectivity index (χ0n) is 16.3. The highest BCUT2D eigenvalue weighted by atomic mass is 16.5. The number of para-hydroxylation sites is 2. The predicted octanol–water partition coefficient (Wildman–Crippen LogP) is 3.21. The third-order valence-corrected chi connectivity index (χ3v) is 4.17. The third-order valence-electron chi connectivity index (χ3n) is 4.17. The molecule has 0 bridgehead atoms. The van der Waals surface area contributed by atoms with E-state index in [-0.39, 0.29) is 24.9 Å². The van der Waals surface area contributed by atoms with Gasteiger partial charge in [-0.3, -0.25) is 14.5 Å². The van der Waals surface area contributed by atoms with Crippen LogP contribution in [0.25, 0.3) is 0 Å². The molecule has 0 aliphatic heterocycles. The van der Waals surface area contributed by atoms with Crippen molar-refractivity contribution >= 4 is 23.2 Å². The first-order chi connectivity index (χ1) is 12.9. The van der Waals surface area contributed by atoms with Crippen LogP contribution >= 0.6 is 0 Å². The fourth-order valence-electron chi connectivity index (χ4n) is 2.66. The fourth-order valence-corrected chi connectivity index (χ4v) is 2.66. The number of likely N-dealkylation sites (N-methyl/N-ethyl adjacent to an activating group) is 1. The number of hydrogen-bond donors (Lipinski definition) is 2. The van der Waals surface area contributed by atoms with Crippen LogP contribution in [0.5, 0.6) is 5.75 Å². The molecule has 0 radical (unpaired) electrons. The summed E-state index contributed by atoms with van der Waals surface area (Å²) in [6.07, 6.45) is 0. The molecule has 2 aromatic rings. The minimum atomic E-state index is -0.204. The molecule has 144 valence electrons. The zero-order valence-corrected chi connectivity index (χ0v) is 16.3. The van der Waals surface area contributed by atoms with E-state index >= 15 is 0 Å². The van der Waals surface area contributed by atoms with Crippen LogP contribution in [0.4, 0.5) is 11.4 Å². The quantitative estimate of drug-likeness (QED) is 0.750. The van der Waals surface area contributed by atoms with Crippen molar-refractivity contribution in [2.45, 2.75) is 20.8 Å². The van der Waals surface area contributed by atoms with Crippen LogP contribution in [0.2, 0.25) is 0 Å². The van der Waals surface area contributed by atoms with Gasteiger partial charge < -0.3 is 15.4 Å². The maximum Gasteiger partial charge on any atom is 0.238 e. The molecule has 6 nitrogen and oxygen atoms in total. The van der Waals surface area contributed by atoms with E-state index < -0.39 is 0 Å². The molecule has 0 heterocycles. The van der Waals surface area contributed by atoms with Gasteiger partial charge in [0, 0.05) is 5.69 Å². The van der Waals surface area contributed by atoms with Crippen LogP contribution in [0, 0.1) is 13.8 Å². The van der Waals surface area contributed by atoms with Crippen molar-refractivity contribution < 1.29 is 14.3 Å². The minimum Gasteiger partial charge on any atom is -0.492 e. The number of rotatable bonds is 8. The molecule has 0 atom stereocenters. The van der Waals surface area contributed by atoms with Gasteiger partial charge in [0.05, 0.1) is 25.4 Å². The van der Waals surface area contributed by atoms with Gasteiger partial charge in [-0.15, -0.1) is 0 Å². The molecule has 0 unspecified atom stereocenters. The Morgan fingerprint density at radius 2 is 1.52 bits per heavy atom. The van der Waals surface area contributed by atoms with Gasteiger partial charge in [-0.2, -0.15) is 0 Å². The number of carbonyl (C=O) groups excluding carboxylic acids is 2. The second kappa shape index (κ2) is 9.73. The maximum atomic E-state index is 12.3. The average molecular weight is 369 g/mol. The average Bonchev–Trinajstić information content (AvgIpc) is 2.60. The smallest absolute Gasteiger partial charge is 0.238 e. The van der Waals surface area contributed by atoms with Gasteiger partial charge in [0.25, 0.3) is 0 Å². The van der Waals surface area contributed by atoms with Crippen molar-refractivity contribution in [2.24, 2.45) is 0 Å². The van der Waals surface area contributed by atoms with E-state index in [1.165, 1.54) is 0 Å². The molecule has 2 N–H and O–H groups in total. The monoisotopic (exact) mass is 369 g/mol. The van der Waals surface area contributed by atoms with E-state index in [0.29, 0.717) is 18.0 Å². The van der Waals surface area contributed by atoms with Gasteiger partial charge in [-0.05, 0) is 57.1 Å². The van der Waals surface area contributed by atoms with Crippen molar-refractivity contribution in [3.8, 4) is 5.75 Å². The van der Waals surface area contributed by atoms with E-state index in [1.54, 1.807) is 24.1 Å². The van der Waals surface area contributed by atoms with Crippen LogP contribution < -0.4 is 15.4 Å². The fraction of sp³-hybridized carbons (Fsp3) is 0.333. The molecule has 0 aliphatic carbocycles. The second-order valence-electron chi connectivity index (χ2n) is 6.45.